The van der Waals surface area contributed by atoms with Gasteiger partial charge in [0.25, 0.3) is 12.1 Å². The molecule has 2 heterocycles. The van der Waals surface area contributed by atoms with E-state index in [-0.39, 0.29) is 17.8 Å². The number of rotatable bonds is 5. The van der Waals surface area contributed by atoms with Gasteiger partial charge in [-0.25, -0.2) is 13.8 Å². The van der Waals surface area contributed by atoms with Crippen molar-refractivity contribution in [1.29, 1.82) is 5.26 Å². The highest BCUT2D eigenvalue weighted by Crippen LogP contribution is 2.36. The average Bonchev–Trinajstić information content (AvgIpc) is 3.18. The number of hydrogen-bond acceptors (Lipinski definition) is 7. The standard InChI is InChI=1S/C22H21F2N5O3/c1-13-27-29(22(31-13)21(26)30)19-10-14(12-25)2-4-18(19)28-8-6-16(7-9-28)32-20-5-3-15(23)11-17(20)24/h2-5,10-11,16,22H,6-9H2,1H3,(H2,26,30). The molecule has 2 aromatic carbocycles. The lowest BCUT2D eigenvalue weighted by Crippen LogP contribution is -2.42. The molecule has 2 aliphatic heterocycles. The monoisotopic (exact) mass is 441 g/mol. The van der Waals surface area contributed by atoms with Crippen molar-refractivity contribution in [2.24, 2.45) is 10.8 Å². The van der Waals surface area contributed by atoms with Gasteiger partial charge in [-0.15, -0.1) is 5.10 Å². The molecule has 0 aliphatic carbocycles. The van der Waals surface area contributed by atoms with Crippen LogP contribution in [0.5, 0.6) is 5.75 Å². The van der Waals surface area contributed by atoms with Crippen molar-refractivity contribution in [2.45, 2.75) is 32.1 Å². The molecule has 8 nitrogen and oxygen atoms in total. The number of ether oxygens (including phenoxy) is 2. The fourth-order valence-corrected chi connectivity index (χ4v) is 3.81. The number of benzene rings is 2. The normalized spacial score (nSPS) is 18.7. The third kappa shape index (κ3) is 4.27. The molecule has 0 spiro atoms. The van der Waals surface area contributed by atoms with Crippen molar-refractivity contribution in [1.82, 2.24) is 0 Å². The second kappa shape index (κ2) is 8.70. The van der Waals surface area contributed by atoms with E-state index in [2.05, 4.69) is 16.1 Å². The second-order valence-electron chi connectivity index (χ2n) is 7.53. The van der Waals surface area contributed by atoms with Crippen LogP contribution in [0.4, 0.5) is 20.2 Å². The lowest BCUT2D eigenvalue weighted by Gasteiger charge is -2.36. The van der Waals surface area contributed by atoms with E-state index in [9.17, 15) is 18.8 Å². The van der Waals surface area contributed by atoms with E-state index in [1.165, 1.54) is 11.1 Å². The zero-order chi connectivity index (χ0) is 22.8. The number of anilines is 2. The number of hydrogen-bond donors (Lipinski definition) is 1. The summed E-state index contributed by atoms with van der Waals surface area (Å²) in [5, 5.41) is 15.0. The van der Waals surface area contributed by atoms with Gasteiger partial charge in [-0.2, -0.15) is 5.26 Å². The smallest absolute Gasteiger partial charge is 0.282 e. The minimum atomic E-state index is -1.11. The number of nitriles is 1. The molecule has 2 N–H and O–H groups in total. The molecule has 166 valence electrons. The number of nitrogens with two attached hydrogens (primary N) is 1. The summed E-state index contributed by atoms with van der Waals surface area (Å²) in [4.78, 5) is 13.9. The molecular weight excluding hydrogens is 420 g/mol. The van der Waals surface area contributed by atoms with Gasteiger partial charge in [-0.3, -0.25) is 4.79 Å². The molecular formula is C22H21F2N5O3. The first-order chi connectivity index (χ1) is 15.4. The second-order valence-corrected chi connectivity index (χ2v) is 7.53. The summed E-state index contributed by atoms with van der Waals surface area (Å²) in [7, 11) is 0. The van der Waals surface area contributed by atoms with Gasteiger partial charge in [0.1, 0.15) is 11.9 Å². The van der Waals surface area contributed by atoms with Crippen LogP contribution < -0.4 is 20.4 Å². The van der Waals surface area contributed by atoms with E-state index in [1.54, 1.807) is 25.1 Å². The molecule has 1 amide bonds. The summed E-state index contributed by atoms with van der Waals surface area (Å²) in [6, 6.07) is 10.4. The molecule has 0 aromatic heterocycles. The average molecular weight is 441 g/mol. The Kier molecular flexibility index (Phi) is 5.81. The van der Waals surface area contributed by atoms with E-state index in [4.69, 9.17) is 15.2 Å². The van der Waals surface area contributed by atoms with Gasteiger partial charge in [0.05, 0.1) is 23.0 Å². The lowest BCUT2D eigenvalue weighted by atomic mass is 10.0. The highest BCUT2D eigenvalue weighted by atomic mass is 19.1. The molecule has 2 aromatic rings. The molecule has 1 atom stereocenters. The third-order valence-electron chi connectivity index (χ3n) is 5.32. The van der Waals surface area contributed by atoms with Crippen LogP contribution in [0.3, 0.4) is 0 Å². The Balaban J connectivity index is 1.53. The minimum absolute atomic E-state index is 0.0206. The topological polar surface area (TPSA) is 104 Å². The maximum atomic E-state index is 13.9. The third-order valence-corrected chi connectivity index (χ3v) is 5.32. The minimum Gasteiger partial charge on any atom is -0.487 e. The number of primary amides is 1. The van der Waals surface area contributed by atoms with E-state index in [0.717, 1.165) is 17.8 Å². The van der Waals surface area contributed by atoms with Crippen molar-refractivity contribution in [2.75, 3.05) is 23.0 Å². The molecule has 1 fully saturated rings. The Labute approximate surface area is 183 Å². The van der Waals surface area contributed by atoms with E-state index >= 15 is 0 Å². The lowest BCUT2D eigenvalue weighted by molar-refractivity contribution is -0.124. The van der Waals surface area contributed by atoms with Crippen LogP contribution in [0.2, 0.25) is 0 Å². The summed E-state index contributed by atoms with van der Waals surface area (Å²) in [6.07, 6.45) is -0.158. The highest BCUT2D eigenvalue weighted by molar-refractivity contribution is 5.91. The van der Waals surface area contributed by atoms with Crippen molar-refractivity contribution < 1.29 is 23.0 Å². The fourth-order valence-electron chi connectivity index (χ4n) is 3.81. The van der Waals surface area contributed by atoms with E-state index in [1.807, 2.05) is 0 Å². The van der Waals surface area contributed by atoms with Gasteiger partial charge in [-0.05, 0) is 30.3 Å². The molecule has 10 heteroatoms. The summed E-state index contributed by atoms with van der Waals surface area (Å²) in [5.74, 6) is -1.78. The molecule has 4 rings (SSSR count). The van der Waals surface area contributed by atoms with Gasteiger partial charge >= 0.3 is 0 Å². The van der Waals surface area contributed by atoms with Crippen LogP contribution >= 0.6 is 0 Å². The van der Waals surface area contributed by atoms with Crippen LogP contribution in [-0.2, 0) is 9.53 Å². The number of halogens is 2. The number of hydrazone groups is 1. The maximum absolute atomic E-state index is 13.9. The Hall–Kier alpha value is -3.87. The molecule has 32 heavy (non-hydrogen) atoms. The predicted octanol–water partition coefficient (Wildman–Crippen LogP) is 2.87. The summed E-state index contributed by atoms with van der Waals surface area (Å²) < 4.78 is 38.2. The molecule has 0 saturated carbocycles. The van der Waals surface area contributed by atoms with Gasteiger partial charge in [-0.1, -0.05) is 0 Å². The van der Waals surface area contributed by atoms with Crippen molar-refractivity contribution in [3.8, 4) is 11.8 Å². The molecule has 0 bridgehead atoms. The Morgan fingerprint density at radius 1 is 1.22 bits per heavy atom. The van der Waals surface area contributed by atoms with Crippen molar-refractivity contribution in [3.05, 3.63) is 53.6 Å². The predicted molar refractivity (Wildman–Crippen MR) is 113 cm³/mol. The first kappa shape index (κ1) is 21.4. The summed E-state index contributed by atoms with van der Waals surface area (Å²) in [6.45, 7) is 2.76. The SMILES string of the molecule is CC1=NN(c2cc(C#N)ccc2N2CCC(Oc3ccc(F)cc3F)CC2)C(C(N)=O)O1. The number of carbonyl (C=O) groups is 1. The van der Waals surface area contributed by atoms with Crippen LogP contribution in [0.15, 0.2) is 41.5 Å². The Bertz CT molecular complexity index is 1110. The first-order valence-electron chi connectivity index (χ1n) is 10.1. The number of piperidine rings is 1. The van der Waals surface area contributed by atoms with E-state index < -0.39 is 23.8 Å². The van der Waals surface area contributed by atoms with E-state index in [0.29, 0.717) is 37.2 Å². The van der Waals surface area contributed by atoms with Crippen molar-refractivity contribution in [3.63, 3.8) is 0 Å². The molecule has 1 unspecified atom stereocenters. The van der Waals surface area contributed by atoms with Crippen LogP contribution in [0.1, 0.15) is 25.3 Å². The highest BCUT2D eigenvalue weighted by Gasteiger charge is 2.35. The first-order valence-corrected chi connectivity index (χ1v) is 10.1. The molecule has 2 aliphatic rings. The van der Waals surface area contributed by atoms with Crippen LogP contribution in [-0.4, -0.2) is 37.2 Å². The van der Waals surface area contributed by atoms with Crippen LogP contribution in [0.25, 0.3) is 0 Å². The largest absolute Gasteiger partial charge is 0.487 e. The Morgan fingerprint density at radius 3 is 2.62 bits per heavy atom. The molecule has 0 radical (unpaired) electrons. The zero-order valence-corrected chi connectivity index (χ0v) is 17.3. The van der Waals surface area contributed by atoms with Gasteiger partial charge in [0.2, 0.25) is 5.90 Å². The number of carbonyl (C=O) groups excluding carboxylic acids is 1. The maximum Gasteiger partial charge on any atom is 0.282 e. The van der Waals surface area contributed by atoms with Gasteiger partial charge in [0.15, 0.2) is 11.6 Å². The Morgan fingerprint density at radius 2 is 1.97 bits per heavy atom. The fraction of sp³-hybridized carbons (Fsp3) is 0.318. The molecule has 1 saturated heterocycles. The quantitative estimate of drug-likeness (QED) is 0.765. The van der Waals surface area contributed by atoms with Crippen molar-refractivity contribution >= 4 is 23.2 Å². The number of amides is 1. The summed E-state index contributed by atoms with van der Waals surface area (Å²) >= 11 is 0. The zero-order valence-electron chi connectivity index (χ0n) is 17.3. The van der Waals surface area contributed by atoms with Gasteiger partial charge in [0, 0.05) is 38.9 Å². The van der Waals surface area contributed by atoms with Crippen LogP contribution in [0, 0.1) is 23.0 Å². The number of nitrogens with zero attached hydrogens (tertiary/aromatic N) is 4. The summed E-state index contributed by atoms with van der Waals surface area (Å²) in [5.41, 5.74) is 7.15. The van der Waals surface area contributed by atoms with Gasteiger partial charge < -0.3 is 20.1 Å².